The predicted molar refractivity (Wildman–Crippen MR) is 107 cm³/mol. The van der Waals surface area contributed by atoms with Crippen LogP contribution in [-0.4, -0.2) is 39.6 Å². The van der Waals surface area contributed by atoms with Crippen molar-refractivity contribution in [2.75, 3.05) is 18.8 Å². The smallest absolute Gasteiger partial charge is 0.255 e. The van der Waals surface area contributed by atoms with Crippen LogP contribution in [0.3, 0.4) is 0 Å². The predicted octanol–water partition coefficient (Wildman–Crippen LogP) is 3.41. The van der Waals surface area contributed by atoms with Gasteiger partial charge in [0.05, 0.1) is 5.75 Å². The molecule has 1 N–H and O–H groups in total. The fourth-order valence-electron chi connectivity index (χ4n) is 2.78. The third-order valence-electron chi connectivity index (χ3n) is 4.10. The Balaban J connectivity index is 2.05. The van der Waals surface area contributed by atoms with Crippen LogP contribution < -0.4 is 5.56 Å². The van der Waals surface area contributed by atoms with E-state index in [0.717, 1.165) is 31.5 Å². The van der Waals surface area contributed by atoms with Crippen LogP contribution in [0.1, 0.15) is 43.5 Å². The van der Waals surface area contributed by atoms with E-state index in [1.165, 1.54) is 11.8 Å². The number of thioether (sulfide) groups is 1. The van der Waals surface area contributed by atoms with Crippen LogP contribution in [0.5, 0.6) is 0 Å². The minimum Gasteiger partial charge on any atom is -0.342 e. The van der Waals surface area contributed by atoms with Crippen molar-refractivity contribution in [3.63, 3.8) is 0 Å². The quantitative estimate of drug-likeness (QED) is 0.540. The lowest BCUT2D eigenvalue weighted by atomic mass is 10.1. The number of nitrogens with zero attached hydrogens (tertiary/aromatic N) is 2. The molecule has 0 spiro atoms. The van der Waals surface area contributed by atoms with Crippen LogP contribution in [0.15, 0.2) is 40.3 Å². The zero-order valence-electron chi connectivity index (χ0n) is 15.7. The molecule has 0 unspecified atom stereocenters. The maximum absolute atomic E-state index is 12.4. The topological polar surface area (TPSA) is 66.1 Å². The molecule has 0 saturated heterocycles. The van der Waals surface area contributed by atoms with Crippen LogP contribution in [0.2, 0.25) is 0 Å². The molecule has 0 aliphatic rings. The SMILES string of the molecule is CCCN(CCC)C(=O)CSc1nc(C)c(Cc2ccccc2)c(=O)[nH]1. The molecular formula is C20H27N3O2S. The van der Waals surface area contributed by atoms with Crippen molar-refractivity contribution < 1.29 is 4.79 Å². The van der Waals surface area contributed by atoms with Crippen LogP contribution in [-0.2, 0) is 11.2 Å². The van der Waals surface area contributed by atoms with Gasteiger partial charge in [0.2, 0.25) is 5.91 Å². The fourth-order valence-corrected chi connectivity index (χ4v) is 3.59. The lowest BCUT2D eigenvalue weighted by Gasteiger charge is -2.21. The second kappa shape index (κ2) is 10.2. The number of aromatic amines is 1. The molecule has 2 aromatic rings. The number of H-pyrrole nitrogens is 1. The van der Waals surface area contributed by atoms with Gasteiger partial charge in [0.15, 0.2) is 5.16 Å². The Morgan fingerprint density at radius 3 is 2.38 bits per heavy atom. The van der Waals surface area contributed by atoms with Gasteiger partial charge in [-0.3, -0.25) is 9.59 Å². The number of carbonyl (C=O) groups excluding carboxylic acids is 1. The standard InChI is InChI=1S/C20H27N3O2S/c1-4-11-23(12-5-2)18(24)14-26-20-21-15(3)17(19(25)22-20)13-16-9-7-6-8-10-16/h6-10H,4-5,11-14H2,1-3H3,(H,21,22,25). The monoisotopic (exact) mass is 373 g/mol. The third-order valence-corrected chi connectivity index (χ3v) is 4.95. The van der Waals surface area contributed by atoms with Gasteiger partial charge in [-0.05, 0) is 25.3 Å². The van der Waals surface area contributed by atoms with Crippen LogP contribution >= 0.6 is 11.8 Å². The second-order valence-electron chi connectivity index (χ2n) is 6.27. The lowest BCUT2D eigenvalue weighted by molar-refractivity contribution is -0.128. The summed E-state index contributed by atoms with van der Waals surface area (Å²) in [7, 11) is 0. The van der Waals surface area contributed by atoms with Gasteiger partial charge < -0.3 is 9.88 Å². The van der Waals surface area contributed by atoms with E-state index in [0.29, 0.717) is 28.6 Å². The average molecular weight is 374 g/mol. The molecule has 0 aliphatic carbocycles. The number of hydrogen-bond acceptors (Lipinski definition) is 4. The molecule has 0 aliphatic heterocycles. The maximum atomic E-state index is 12.4. The van der Waals surface area contributed by atoms with Gasteiger partial charge in [-0.1, -0.05) is 55.9 Å². The van der Waals surface area contributed by atoms with Crippen LogP contribution in [0.25, 0.3) is 0 Å². The maximum Gasteiger partial charge on any atom is 0.255 e. The summed E-state index contributed by atoms with van der Waals surface area (Å²) in [6.45, 7) is 7.52. The van der Waals surface area contributed by atoms with E-state index in [-0.39, 0.29) is 11.5 Å². The van der Waals surface area contributed by atoms with Gasteiger partial charge in [0, 0.05) is 30.8 Å². The molecule has 1 heterocycles. The number of hydrogen-bond donors (Lipinski definition) is 1. The van der Waals surface area contributed by atoms with E-state index in [4.69, 9.17) is 0 Å². The highest BCUT2D eigenvalue weighted by molar-refractivity contribution is 7.99. The minimum absolute atomic E-state index is 0.0902. The van der Waals surface area contributed by atoms with Crippen molar-refractivity contribution in [2.45, 2.75) is 45.2 Å². The van der Waals surface area contributed by atoms with Gasteiger partial charge in [0.1, 0.15) is 0 Å². The lowest BCUT2D eigenvalue weighted by Crippen LogP contribution is -2.34. The Bertz CT molecular complexity index is 768. The number of aromatic nitrogens is 2. The van der Waals surface area contributed by atoms with Gasteiger partial charge >= 0.3 is 0 Å². The molecule has 6 heteroatoms. The molecular weight excluding hydrogens is 346 g/mol. The first-order valence-electron chi connectivity index (χ1n) is 9.09. The highest BCUT2D eigenvalue weighted by Crippen LogP contribution is 2.15. The summed E-state index contributed by atoms with van der Waals surface area (Å²) >= 11 is 1.29. The largest absolute Gasteiger partial charge is 0.342 e. The molecule has 0 radical (unpaired) electrons. The zero-order valence-corrected chi connectivity index (χ0v) is 16.6. The highest BCUT2D eigenvalue weighted by atomic mass is 32.2. The van der Waals surface area contributed by atoms with Crippen molar-refractivity contribution >= 4 is 17.7 Å². The Morgan fingerprint density at radius 1 is 1.15 bits per heavy atom. The van der Waals surface area contributed by atoms with E-state index in [1.54, 1.807) is 0 Å². The van der Waals surface area contributed by atoms with Gasteiger partial charge in [0.25, 0.3) is 5.56 Å². The molecule has 0 fully saturated rings. The van der Waals surface area contributed by atoms with Crippen LogP contribution in [0, 0.1) is 6.92 Å². The minimum atomic E-state index is -0.129. The fraction of sp³-hybridized carbons (Fsp3) is 0.450. The number of carbonyl (C=O) groups is 1. The van der Waals surface area contributed by atoms with Gasteiger partial charge in [-0.2, -0.15) is 0 Å². The normalized spacial score (nSPS) is 10.7. The van der Waals surface area contributed by atoms with Crippen molar-refractivity contribution in [1.82, 2.24) is 14.9 Å². The third kappa shape index (κ3) is 5.73. The van der Waals surface area contributed by atoms with Crippen molar-refractivity contribution in [2.24, 2.45) is 0 Å². The zero-order chi connectivity index (χ0) is 18.9. The van der Waals surface area contributed by atoms with Crippen molar-refractivity contribution in [3.05, 3.63) is 57.5 Å². The molecule has 140 valence electrons. The summed E-state index contributed by atoms with van der Waals surface area (Å²) < 4.78 is 0. The number of amides is 1. The molecule has 5 nitrogen and oxygen atoms in total. The summed E-state index contributed by atoms with van der Waals surface area (Å²) in [4.78, 5) is 34.0. The molecule has 0 saturated carbocycles. The summed E-state index contributed by atoms with van der Waals surface area (Å²) in [5, 5.41) is 0.505. The van der Waals surface area contributed by atoms with E-state index < -0.39 is 0 Å². The summed E-state index contributed by atoms with van der Waals surface area (Å²) in [5.41, 5.74) is 2.33. The van der Waals surface area contributed by atoms with E-state index in [9.17, 15) is 9.59 Å². The number of nitrogens with one attached hydrogen (secondary N) is 1. The molecule has 1 aromatic carbocycles. The van der Waals surface area contributed by atoms with Crippen molar-refractivity contribution in [3.8, 4) is 0 Å². The van der Waals surface area contributed by atoms with Gasteiger partial charge in [-0.15, -0.1) is 0 Å². The summed E-state index contributed by atoms with van der Waals surface area (Å²) in [6, 6.07) is 9.86. The Hall–Kier alpha value is -2.08. The molecule has 1 aromatic heterocycles. The first-order chi connectivity index (χ1) is 12.5. The molecule has 26 heavy (non-hydrogen) atoms. The Morgan fingerprint density at radius 2 is 1.81 bits per heavy atom. The number of benzene rings is 1. The number of rotatable bonds is 9. The van der Waals surface area contributed by atoms with Crippen LogP contribution in [0.4, 0.5) is 0 Å². The average Bonchev–Trinajstić information content (AvgIpc) is 2.63. The van der Waals surface area contributed by atoms with Gasteiger partial charge in [-0.25, -0.2) is 4.98 Å². The number of aryl methyl sites for hydroxylation is 1. The molecule has 0 atom stereocenters. The first kappa shape index (κ1) is 20.2. The Kier molecular flexibility index (Phi) is 7.91. The molecule has 1 amide bonds. The summed E-state index contributed by atoms with van der Waals surface area (Å²) in [5.74, 6) is 0.382. The first-order valence-corrected chi connectivity index (χ1v) is 10.1. The Labute approximate surface area is 159 Å². The van der Waals surface area contributed by atoms with E-state index in [2.05, 4.69) is 23.8 Å². The second-order valence-corrected chi connectivity index (χ2v) is 7.23. The van der Waals surface area contributed by atoms with E-state index in [1.807, 2.05) is 42.2 Å². The van der Waals surface area contributed by atoms with Crippen molar-refractivity contribution in [1.29, 1.82) is 0 Å². The molecule has 0 bridgehead atoms. The summed E-state index contributed by atoms with van der Waals surface area (Å²) in [6.07, 6.45) is 2.44. The highest BCUT2D eigenvalue weighted by Gasteiger charge is 2.14. The van der Waals surface area contributed by atoms with E-state index >= 15 is 0 Å². The molecule has 2 rings (SSSR count).